The van der Waals surface area contributed by atoms with E-state index in [-0.39, 0.29) is 0 Å². The number of hydrogen-bond donors (Lipinski definition) is 0. The smallest absolute Gasteiger partial charge is 0.0532 e. The fourth-order valence-corrected chi connectivity index (χ4v) is 7.03. The van der Waals surface area contributed by atoms with Gasteiger partial charge in [-0.25, -0.2) is 0 Å². The van der Waals surface area contributed by atoms with Crippen LogP contribution < -0.4 is 4.90 Å². The van der Waals surface area contributed by atoms with Crippen molar-refractivity contribution >= 4 is 17.1 Å². The molecule has 2 nitrogen and oxygen atoms in total. The average molecular weight is 447 g/mol. The molecule has 0 N–H and O–H groups in total. The third-order valence-electron chi connectivity index (χ3n) is 8.54. The summed E-state index contributed by atoms with van der Waals surface area (Å²) >= 11 is 0. The van der Waals surface area contributed by atoms with Crippen molar-refractivity contribution in [1.29, 1.82) is 0 Å². The quantitative estimate of drug-likeness (QED) is 0.240. The van der Waals surface area contributed by atoms with Gasteiger partial charge in [-0.2, -0.15) is 0 Å². The zero-order valence-electron chi connectivity index (χ0n) is 19.3. The molecule has 0 atom stereocenters. The number of fused-ring (bicyclic) bond motifs is 10. The van der Waals surface area contributed by atoms with Crippen molar-refractivity contribution < 1.29 is 0 Å². The van der Waals surface area contributed by atoms with Gasteiger partial charge >= 0.3 is 0 Å². The molecule has 3 heterocycles. The Balaban J connectivity index is 1.25. The van der Waals surface area contributed by atoms with E-state index in [1.165, 1.54) is 83.8 Å². The summed E-state index contributed by atoms with van der Waals surface area (Å²) in [5.74, 6) is 0. The lowest BCUT2D eigenvalue weighted by atomic mass is 9.85. The van der Waals surface area contributed by atoms with Crippen molar-refractivity contribution in [3.63, 3.8) is 0 Å². The molecule has 0 unspecified atom stereocenters. The molecule has 0 radical (unpaired) electrons. The summed E-state index contributed by atoms with van der Waals surface area (Å²) in [6, 6.07) is 27.9. The van der Waals surface area contributed by atoms with Crippen LogP contribution in [0.2, 0.25) is 0 Å². The molecule has 2 aliphatic heterocycles. The molecular weight excluding hydrogens is 424 g/mol. The fourth-order valence-electron chi connectivity index (χ4n) is 7.03. The first-order valence-electron chi connectivity index (χ1n) is 12.6. The molecule has 0 bridgehead atoms. The molecule has 2 aliphatic carbocycles. The van der Waals surface area contributed by atoms with Gasteiger partial charge in [-0.1, -0.05) is 48.5 Å². The van der Waals surface area contributed by atoms with Gasteiger partial charge in [-0.05, 0) is 104 Å². The number of nitrogens with zero attached hydrogens (tertiary/aromatic N) is 2. The van der Waals surface area contributed by atoms with Crippen LogP contribution in [0, 0.1) is 0 Å². The Morgan fingerprint density at radius 1 is 0.486 bits per heavy atom. The highest BCUT2D eigenvalue weighted by Gasteiger charge is 2.34. The van der Waals surface area contributed by atoms with Gasteiger partial charge < -0.3 is 4.90 Å². The lowest BCUT2D eigenvalue weighted by Gasteiger charge is -2.39. The Morgan fingerprint density at radius 2 is 1.14 bits per heavy atom. The van der Waals surface area contributed by atoms with Gasteiger partial charge in [0, 0.05) is 25.2 Å². The number of aromatic nitrogens is 1. The fraction of sp³-hybridized carbons (Fsp3) is 0.121. The van der Waals surface area contributed by atoms with Gasteiger partial charge in [0.15, 0.2) is 0 Å². The van der Waals surface area contributed by atoms with Gasteiger partial charge in [0.1, 0.15) is 0 Å². The molecule has 2 heteroatoms. The third-order valence-corrected chi connectivity index (χ3v) is 8.54. The van der Waals surface area contributed by atoms with E-state index in [9.17, 15) is 0 Å². The minimum atomic E-state index is 0.957. The van der Waals surface area contributed by atoms with Crippen LogP contribution in [0.5, 0.6) is 0 Å². The average Bonchev–Trinajstić information content (AvgIpc) is 3.42. The largest absolute Gasteiger partial charge is 0.309 e. The summed E-state index contributed by atoms with van der Waals surface area (Å²) in [6.45, 7) is 0. The first kappa shape index (κ1) is 18.2. The highest BCUT2D eigenvalue weighted by atomic mass is 15.2. The molecule has 164 valence electrons. The summed E-state index contributed by atoms with van der Waals surface area (Å²) in [5.41, 5.74) is 21.2. The first-order valence-corrected chi connectivity index (χ1v) is 12.6. The van der Waals surface area contributed by atoms with Crippen LogP contribution in [0.25, 0.3) is 22.3 Å². The minimum Gasteiger partial charge on any atom is -0.309 e. The van der Waals surface area contributed by atoms with Gasteiger partial charge in [0.05, 0.1) is 17.1 Å². The van der Waals surface area contributed by atoms with Crippen LogP contribution in [-0.4, -0.2) is 4.98 Å². The number of hydrogen-bond acceptors (Lipinski definition) is 2. The number of anilines is 3. The van der Waals surface area contributed by atoms with Gasteiger partial charge in [-0.3, -0.25) is 4.98 Å². The standard InChI is InChI=1S/C33H22N2/c1-2-7-27-19(4-1)10-23-16-29-24(15-28(23)27)13-22-14-25-11-20-5-3-6-21-12-26-18-34-9-8-31(26)35(33(20)21)32(25)17-30(22)29/h1-9,14-18H,10-13H2. The maximum Gasteiger partial charge on any atom is 0.0532 e. The Kier molecular flexibility index (Phi) is 3.27. The molecule has 4 aromatic carbocycles. The Labute approximate surface area is 204 Å². The van der Waals surface area contributed by atoms with Crippen molar-refractivity contribution in [2.45, 2.75) is 25.7 Å². The van der Waals surface area contributed by atoms with E-state index >= 15 is 0 Å². The van der Waals surface area contributed by atoms with E-state index in [2.05, 4.69) is 82.7 Å². The van der Waals surface area contributed by atoms with Crippen molar-refractivity contribution in [2.75, 3.05) is 4.90 Å². The second-order valence-electron chi connectivity index (χ2n) is 10.4. The topological polar surface area (TPSA) is 16.1 Å². The summed E-state index contributed by atoms with van der Waals surface area (Å²) < 4.78 is 0. The monoisotopic (exact) mass is 446 g/mol. The van der Waals surface area contributed by atoms with Crippen molar-refractivity contribution in [3.8, 4) is 22.3 Å². The SMILES string of the molecule is c1ccc2c(c1)Cc1cc3c(cc1-2)Cc1cc2c(cc1-3)N1c3ccncc3Cc3cccc(c31)C2. The molecule has 5 aromatic rings. The minimum absolute atomic E-state index is 0.957. The van der Waals surface area contributed by atoms with Crippen molar-refractivity contribution in [3.05, 3.63) is 130 Å². The maximum absolute atomic E-state index is 4.45. The molecule has 0 fully saturated rings. The lowest BCUT2D eigenvalue weighted by molar-refractivity contribution is 0.998. The molecule has 1 aromatic heterocycles. The number of rotatable bonds is 0. The van der Waals surface area contributed by atoms with Crippen LogP contribution in [0.15, 0.2) is 85.2 Å². The predicted octanol–water partition coefficient (Wildman–Crippen LogP) is 7.50. The van der Waals surface area contributed by atoms with E-state index in [1.807, 2.05) is 12.4 Å². The third kappa shape index (κ3) is 2.32. The Bertz CT molecular complexity index is 1760. The second kappa shape index (κ2) is 6.28. The molecule has 4 aliphatic rings. The summed E-state index contributed by atoms with van der Waals surface area (Å²) in [7, 11) is 0. The van der Waals surface area contributed by atoms with Gasteiger partial charge in [0.25, 0.3) is 0 Å². The van der Waals surface area contributed by atoms with E-state index in [0.29, 0.717) is 0 Å². The zero-order chi connectivity index (χ0) is 22.7. The zero-order valence-corrected chi connectivity index (χ0v) is 19.3. The summed E-state index contributed by atoms with van der Waals surface area (Å²) in [6.07, 6.45) is 8.01. The molecule has 0 amide bonds. The lowest BCUT2D eigenvalue weighted by Crippen LogP contribution is -2.24. The Hall–Kier alpha value is -4.17. The number of pyridine rings is 1. The van der Waals surface area contributed by atoms with E-state index in [4.69, 9.17) is 0 Å². The molecule has 9 rings (SSSR count). The summed E-state index contributed by atoms with van der Waals surface area (Å²) in [4.78, 5) is 6.97. The summed E-state index contributed by atoms with van der Waals surface area (Å²) in [5, 5.41) is 0. The van der Waals surface area contributed by atoms with Crippen LogP contribution in [0.3, 0.4) is 0 Å². The predicted molar refractivity (Wildman–Crippen MR) is 141 cm³/mol. The van der Waals surface area contributed by atoms with Gasteiger partial charge in [0.2, 0.25) is 0 Å². The van der Waals surface area contributed by atoms with Crippen LogP contribution in [0.1, 0.15) is 44.5 Å². The van der Waals surface area contributed by atoms with Crippen LogP contribution in [0.4, 0.5) is 17.1 Å². The first-order chi connectivity index (χ1) is 17.3. The Morgan fingerprint density at radius 3 is 2.03 bits per heavy atom. The van der Waals surface area contributed by atoms with Crippen LogP contribution >= 0.6 is 0 Å². The molecule has 0 saturated heterocycles. The molecule has 0 spiro atoms. The second-order valence-corrected chi connectivity index (χ2v) is 10.4. The van der Waals surface area contributed by atoms with Crippen molar-refractivity contribution in [2.24, 2.45) is 0 Å². The van der Waals surface area contributed by atoms with E-state index in [1.54, 1.807) is 0 Å². The van der Waals surface area contributed by atoms with Crippen LogP contribution in [-0.2, 0) is 25.7 Å². The molecule has 0 saturated carbocycles. The maximum atomic E-state index is 4.45. The highest BCUT2D eigenvalue weighted by molar-refractivity contribution is 5.93. The molecular formula is C33H22N2. The van der Waals surface area contributed by atoms with E-state index in [0.717, 1.165) is 25.7 Å². The number of benzene rings is 4. The van der Waals surface area contributed by atoms with Crippen molar-refractivity contribution in [1.82, 2.24) is 4.98 Å². The normalized spacial score (nSPS) is 14.9. The van der Waals surface area contributed by atoms with Gasteiger partial charge in [-0.15, -0.1) is 0 Å². The number of para-hydroxylation sites is 1. The highest BCUT2D eigenvalue weighted by Crippen LogP contribution is 2.53. The molecule has 35 heavy (non-hydrogen) atoms. The van der Waals surface area contributed by atoms with E-state index < -0.39 is 0 Å².